The Bertz CT molecular complexity index is 523. The van der Waals surface area contributed by atoms with Gasteiger partial charge in [-0.25, -0.2) is 0 Å². The quantitative estimate of drug-likeness (QED) is 0.827. The van der Waals surface area contributed by atoms with Crippen LogP contribution in [0.25, 0.3) is 0 Å². The summed E-state index contributed by atoms with van der Waals surface area (Å²) in [6.07, 6.45) is 2.74. The molecule has 0 bridgehead atoms. The van der Waals surface area contributed by atoms with Crippen LogP contribution in [-0.4, -0.2) is 56.7 Å². The van der Waals surface area contributed by atoms with Gasteiger partial charge < -0.3 is 15.4 Å². The zero-order valence-electron chi connectivity index (χ0n) is 14.6. The minimum absolute atomic E-state index is 0.178. The van der Waals surface area contributed by atoms with Crippen LogP contribution in [0.4, 0.5) is 0 Å². The SMILES string of the molecule is COCC1(C(=O)NC2CCN(Cc3ccccc3)C2)CCNCC1. The summed E-state index contributed by atoms with van der Waals surface area (Å²) >= 11 is 0. The van der Waals surface area contributed by atoms with Gasteiger partial charge in [-0.1, -0.05) is 30.3 Å². The molecule has 2 N–H and O–H groups in total. The Morgan fingerprint density at radius 2 is 2.08 bits per heavy atom. The van der Waals surface area contributed by atoms with Crippen LogP contribution in [0.15, 0.2) is 30.3 Å². The molecule has 1 amide bonds. The van der Waals surface area contributed by atoms with Crippen molar-refractivity contribution < 1.29 is 9.53 Å². The Balaban J connectivity index is 1.53. The van der Waals surface area contributed by atoms with Gasteiger partial charge >= 0.3 is 0 Å². The second kappa shape index (κ2) is 8.10. The first kappa shape index (κ1) is 17.4. The van der Waals surface area contributed by atoms with E-state index in [9.17, 15) is 4.79 Å². The number of nitrogens with one attached hydrogen (secondary N) is 2. The third kappa shape index (κ3) is 4.15. The predicted molar refractivity (Wildman–Crippen MR) is 94.7 cm³/mol. The van der Waals surface area contributed by atoms with E-state index in [1.165, 1.54) is 5.56 Å². The standard InChI is InChI=1S/C19H29N3O2/c1-24-15-19(8-10-20-11-9-19)18(23)21-17-7-12-22(14-17)13-16-5-3-2-4-6-16/h2-6,17,20H,7-15H2,1H3,(H,21,23). The lowest BCUT2D eigenvalue weighted by molar-refractivity contribution is -0.136. The van der Waals surface area contributed by atoms with Gasteiger partial charge in [0.05, 0.1) is 12.0 Å². The number of amides is 1. The third-order valence-corrected chi connectivity index (χ3v) is 5.32. The van der Waals surface area contributed by atoms with Crippen LogP contribution in [0.3, 0.4) is 0 Å². The van der Waals surface area contributed by atoms with Gasteiger partial charge in [0, 0.05) is 32.8 Å². The maximum atomic E-state index is 12.9. The Morgan fingerprint density at radius 1 is 1.33 bits per heavy atom. The van der Waals surface area contributed by atoms with Gasteiger partial charge in [0.1, 0.15) is 0 Å². The molecule has 1 atom stereocenters. The van der Waals surface area contributed by atoms with Gasteiger partial charge in [-0.3, -0.25) is 9.69 Å². The van der Waals surface area contributed by atoms with E-state index in [1.807, 2.05) is 6.07 Å². The molecular weight excluding hydrogens is 302 g/mol. The van der Waals surface area contributed by atoms with Crippen LogP contribution in [0.5, 0.6) is 0 Å². The topological polar surface area (TPSA) is 53.6 Å². The Hall–Kier alpha value is -1.43. The maximum Gasteiger partial charge on any atom is 0.228 e. The maximum absolute atomic E-state index is 12.9. The van der Waals surface area contributed by atoms with E-state index in [0.29, 0.717) is 6.61 Å². The minimum atomic E-state index is -0.354. The van der Waals surface area contributed by atoms with Crippen LogP contribution in [0.2, 0.25) is 0 Å². The molecule has 3 rings (SSSR count). The average Bonchev–Trinajstić information content (AvgIpc) is 3.04. The van der Waals surface area contributed by atoms with Crippen LogP contribution < -0.4 is 10.6 Å². The summed E-state index contributed by atoms with van der Waals surface area (Å²) in [4.78, 5) is 15.3. The Labute approximate surface area is 144 Å². The lowest BCUT2D eigenvalue weighted by atomic mass is 9.78. The Morgan fingerprint density at radius 3 is 2.79 bits per heavy atom. The van der Waals surface area contributed by atoms with E-state index in [0.717, 1.165) is 52.0 Å². The predicted octanol–water partition coefficient (Wildman–Crippen LogP) is 1.39. The number of carbonyl (C=O) groups is 1. The zero-order valence-corrected chi connectivity index (χ0v) is 14.6. The average molecular weight is 331 g/mol. The summed E-state index contributed by atoms with van der Waals surface area (Å²) in [6, 6.07) is 10.8. The first-order chi connectivity index (χ1) is 11.7. The first-order valence-corrected chi connectivity index (χ1v) is 8.99. The molecule has 0 aromatic heterocycles. The van der Waals surface area contributed by atoms with E-state index in [4.69, 9.17) is 4.74 Å². The number of hydrogen-bond donors (Lipinski definition) is 2. The summed E-state index contributed by atoms with van der Waals surface area (Å²) in [5, 5.41) is 6.64. The van der Waals surface area contributed by atoms with Crippen molar-refractivity contribution in [3.8, 4) is 0 Å². The van der Waals surface area contributed by atoms with Gasteiger partial charge in [-0.2, -0.15) is 0 Å². The van der Waals surface area contributed by atoms with Gasteiger partial charge in [-0.15, -0.1) is 0 Å². The summed E-state index contributed by atoms with van der Waals surface area (Å²) in [5.41, 5.74) is 0.978. The normalized spacial score (nSPS) is 24.0. The van der Waals surface area contributed by atoms with Crippen molar-refractivity contribution in [3.63, 3.8) is 0 Å². The molecule has 2 aliphatic rings. The van der Waals surface area contributed by atoms with Gasteiger partial charge in [0.2, 0.25) is 5.91 Å². The van der Waals surface area contributed by atoms with E-state index < -0.39 is 0 Å². The number of likely N-dealkylation sites (tertiary alicyclic amines) is 1. The van der Waals surface area contributed by atoms with Crippen LogP contribution in [0.1, 0.15) is 24.8 Å². The molecule has 24 heavy (non-hydrogen) atoms. The first-order valence-electron chi connectivity index (χ1n) is 8.99. The molecule has 0 saturated carbocycles. The van der Waals surface area contributed by atoms with Crippen LogP contribution in [-0.2, 0) is 16.1 Å². The van der Waals surface area contributed by atoms with Crippen molar-refractivity contribution in [2.45, 2.75) is 31.8 Å². The van der Waals surface area contributed by atoms with E-state index in [2.05, 4.69) is 39.8 Å². The molecule has 1 aromatic carbocycles. The van der Waals surface area contributed by atoms with Crippen LogP contribution >= 0.6 is 0 Å². The van der Waals surface area contributed by atoms with Crippen LogP contribution in [0, 0.1) is 5.41 Å². The van der Waals surface area contributed by atoms with Crippen molar-refractivity contribution in [3.05, 3.63) is 35.9 Å². The molecule has 132 valence electrons. The molecule has 2 heterocycles. The lowest BCUT2D eigenvalue weighted by Gasteiger charge is -2.36. The van der Waals surface area contributed by atoms with Crippen molar-refractivity contribution in [2.75, 3.05) is 39.9 Å². The number of piperidine rings is 1. The lowest BCUT2D eigenvalue weighted by Crippen LogP contribution is -2.52. The van der Waals surface area contributed by atoms with Gasteiger partial charge in [0.15, 0.2) is 0 Å². The number of hydrogen-bond acceptors (Lipinski definition) is 4. The van der Waals surface area contributed by atoms with Crippen molar-refractivity contribution >= 4 is 5.91 Å². The number of benzene rings is 1. The number of carbonyl (C=O) groups excluding carboxylic acids is 1. The zero-order chi connectivity index (χ0) is 16.8. The minimum Gasteiger partial charge on any atom is -0.384 e. The fourth-order valence-corrected chi connectivity index (χ4v) is 3.89. The molecule has 5 nitrogen and oxygen atoms in total. The van der Waals surface area contributed by atoms with Crippen molar-refractivity contribution in [2.24, 2.45) is 5.41 Å². The fourth-order valence-electron chi connectivity index (χ4n) is 3.89. The largest absolute Gasteiger partial charge is 0.384 e. The second-order valence-corrected chi connectivity index (χ2v) is 7.14. The number of methoxy groups -OCH3 is 1. The summed E-state index contributed by atoms with van der Waals surface area (Å²) < 4.78 is 5.37. The second-order valence-electron chi connectivity index (χ2n) is 7.14. The monoisotopic (exact) mass is 331 g/mol. The highest BCUT2D eigenvalue weighted by Gasteiger charge is 2.41. The molecule has 0 radical (unpaired) electrons. The molecule has 2 aliphatic heterocycles. The molecule has 1 aromatic rings. The number of rotatable bonds is 6. The highest BCUT2D eigenvalue weighted by Crippen LogP contribution is 2.30. The molecule has 0 aliphatic carbocycles. The fraction of sp³-hybridized carbons (Fsp3) is 0.632. The smallest absolute Gasteiger partial charge is 0.228 e. The summed E-state index contributed by atoms with van der Waals surface area (Å²) in [6.45, 7) is 5.23. The molecule has 1 unspecified atom stereocenters. The molecular formula is C19H29N3O2. The van der Waals surface area contributed by atoms with E-state index >= 15 is 0 Å². The summed E-state index contributed by atoms with van der Waals surface area (Å²) in [5.74, 6) is 0.178. The molecule has 2 saturated heterocycles. The number of nitrogens with zero attached hydrogens (tertiary/aromatic N) is 1. The van der Waals surface area contributed by atoms with Gasteiger partial charge in [-0.05, 0) is 37.9 Å². The third-order valence-electron chi connectivity index (χ3n) is 5.32. The highest BCUT2D eigenvalue weighted by molar-refractivity contribution is 5.83. The Kier molecular flexibility index (Phi) is 5.87. The molecule has 5 heteroatoms. The number of ether oxygens (including phenoxy) is 1. The highest BCUT2D eigenvalue weighted by atomic mass is 16.5. The molecule has 0 spiro atoms. The van der Waals surface area contributed by atoms with Crippen molar-refractivity contribution in [1.29, 1.82) is 0 Å². The van der Waals surface area contributed by atoms with Gasteiger partial charge in [0.25, 0.3) is 0 Å². The summed E-state index contributed by atoms with van der Waals surface area (Å²) in [7, 11) is 1.69. The van der Waals surface area contributed by atoms with E-state index in [1.54, 1.807) is 7.11 Å². The van der Waals surface area contributed by atoms with E-state index in [-0.39, 0.29) is 17.4 Å². The molecule has 2 fully saturated rings. The van der Waals surface area contributed by atoms with Crippen molar-refractivity contribution in [1.82, 2.24) is 15.5 Å².